The van der Waals surface area contributed by atoms with Gasteiger partial charge in [-0.3, -0.25) is 15.1 Å². The number of rotatable bonds is 2. The van der Waals surface area contributed by atoms with E-state index in [2.05, 4.69) is 15.6 Å². The van der Waals surface area contributed by atoms with Gasteiger partial charge < -0.3 is 15.0 Å². The first-order valence-corrected chi connectivity index (χ1v) is 12.1. The number of carbonyl (C=O) groups is 2. The maximum Gasteiger partial charge on any atom is 0.322 e. The van der Waals surface area contributed by atoms with E-state index in [-0.39, 0.29) is 23.8 Å². The van der Waals surface area contributed by atoms with Crippen molar-refractivity contribution in [3.63, 3.8) is 0 Å². The number of thiophene rings is 1. The molecule has 0 saturated carbocycles. The molecule has 0 aliphatic carbocycles. The van der Waals surface area contributed by atoms with Crippen molar-refractivity contribution in [2.24, 2.45) is 11.8 Å². The average Bonchev–Trinajstić information content (AvgIpc) is 3.34. The van der Waals surface area contributed by atoms with Crippen molar-refractivity contribution in [3.05, 3.63) is 60.2 Å². The number of nitrogens with one attached hydrogen (secondary N) is 2. The summed E-state index contributed by atoms with van der Waals surface area (Å²) in [6.45, 7) is 1.82. The van der Waals surface area contributed by atoms with Crippen LogP contribution < -0.4 is 15.4 Å². The molecule has 0 spiro atoms. The monoisotopic (exact) mass is 462 g/mol. The van der Waals surface area contributed by atoms with E-state index in [1.807, 2.05) is 52.7 Å². The van der Waals surface area contributed by atoms with Crippen LogP contribution in [0, 0.1) is 11.8 Å². The number of benzene rings is 1. The van der Waals surface area contributed by atoms with Gasteiger partial charge >= 0.3 is 6.03 Å². The van der Waals surface area contributed by atoms with Gasteiger partial charge in [0.05, 0.1) is 17.3 Å². The molecule has 1 saturated heterocycles. The number of urea groups is 1. The van der Waals surface area contributed by atoms with Crippen LogP contribution >= 0.6 is 11.3 Å². The highest BCUT2D eigenvalue weighted by Gasteiger charge is 2.33. The average molecular weight is 463 g/mol. The maximum absolute atomic E-state index is 12.9. The lowest BCUT2D eigenvalue weighted by atomic mass is 9.81. The zero-order chi connectivity index (χ0) is 22.6. The minimum Gasteiger partial charge on any atom is -0.491 e. The third-order valence-electron chi connectivity index (χ3n) is 6.37. The molecule has 2 aliphatic rings. The van der Waals surface area contributed by atoms with Crippen LogP contribution in [0.3, 0.4) is 0 Å². The highest BCUT2D eigenvalue weighted by atomic mass is 32.1. The van der Waals surface area contributed by atoms with E-state index in [9.17, 15) is 9.59 Å². The summed E-state index contributed by atoms with van der Waals surface area (Å²) in [5.41, 5.74) is 2.65. The summed E-state index contributed by atoms with van der Waals surface area (Å²) in [5, 5.41) is 8.82. The van der Waals surface area contributed by atoms with E-state index in [0.29, 0.717) is 37.6 Å². The van der Waals surface area contributed by atoms with Crippen LogP contribution in [0.25, 0.3) is 11.1 Å². The van der Waals surface area contributed by atoms with Crippen molar-refractivity contribution >= 4 is 34.0 Å². The van der Waals surface area contributed by atoms with Gasteiger partial charge in [0.2, 0.25) is 5.91 Å². The van der Waals surface area contributed by atoms with Gasteiger partial charge in [-0.2, -0.15) is 0 Å². The predicted molar refractivity (Wildman–Crippen MR) is 130 cm³/mol. The number of hydrogen-bond acceptors (Lipinski definition) is 5. The number of ether oxygens (including phenoxy) is 1. The molecule has 2 aliphatic heterocycles. The van der Waals surface area contributed by atoms with E-state index in [1.165, 1.54) is 11.3 Å². The highest BCUT2D eigenvalue weighted by molar-refractivity contribution is 7.14. The number of hydrogen-bond donors (Lipinski definition) is 2. The van der Waals surface area contributed by atoms with E-state index in [1.54, 1.807) is 12.4 Å². The van der Waals surface area contributed by atoms with Crippen LogP contribution in [0.1, 0.15) is 19.3 Å². The Hall–Kier alpha value is -3.39. The first kappa shape index (κ1) is 21.5. The summed E-state index contributed by atoms with van der Waals surface area (Å²) >= 11 is 1.51. The smallest absolute Gasteiger partial charge is 0.322 e. The minimum absolute atomic E-state index is 0.0171. The van der Waals surface area contributed by atoms with Crippen molar-refractivity contribution < 1.29 is 14.3 Å². The molecule has 3 amide bonds. The molecule has 2 aromatic heterocycles. The molecule has 8 heteroatoms. The maximum atomic E-state index is 12.9. The number of carbonyl (C=O) groups excluding carboxylic acids is 2. The molecule has 33 heavy (non-hydrogen) atoms. The second-order valence-corrected chi connectivity index (χ2v) is 9.45. The molecule has 0 radical (unpaired) electrons. The number of piperidine rings is 1. The Kier molecular flexibility index (Phi) is 6.26. The van der Waals surface area contributed by atoms with E-state index >= 15 is 0 Å². The summed E-state index contributed by atoms with van der Waals surface area (Å²) in [7, 11) is 0. The van der Waals surface area contributed by atoms with E-state index in [0.717, 1.165) is 29.0 Å². The van der Waals surface area contributed by atoms with Gasteiger partial charge in [0.25, 0.3) is 0 Å². The molecule has 170 valence electrons. The highest BCUT2D eigenvalue weighted by Crippen LogP contribution is 2.35. The molecule has 7 nitrogen and oxygen atoms in total. The van der Waals surface area contributed by atoms with Gasteiger partial charge in [-0.25, -0.2) is 4.79 Å². The minimum atomic E-state index is -0.0772. The van der Waals surface area contributed by atoms with E-state index < -0.39 is 0 Å². The third-order valence-corrected chi connectivity index (χ3v) is 7.16. The van der Waals surface area contributed by atoms with Crippen molar-refractivity contribution in [1.82, 2.24) is 9.88 Å². The van der Waals surface area contributed by atoms with Gasteiger partial charge in [-0.05, 0) is 66.0 Å². The Morgan fingerprint density at radius 1 is 1.15 bits per heavy atom. The fourth-order valence-electron chi connectivity index (χ4n) is 4.62. The Morgan fingerprint density at radius 3 is 2.91 bits per heavy atom. The van der Waals surface area contributed by atoms with Crippen LogP contribution in [0.5, 0.6) is 5.75 Å². The zero-order valence-corrected chi connectivity index (χ0v) is 19.0. The van der Waals surface area contributed by atoms with Crippen LogP contribution in [0.4, 0.5) is 15.5 Å². The van der Waals surface area contributed by atoms with Crippen molar-refractivity contribution in [1.29, 1.82) is 0 Å². The fraction of sp³-hybridized carbons (Fsp3) is 0.320. The van der Waals surface area contributed by atoms with Gasteiger partial charge in [0.1, 0.15) is 5.75 Å². The van der Waals surface area contributed by atoms with Crippen LogP contribution in [0.15, 0.2) is 60.2 Å². The van der Waals surface area contributed by atoms with Crippen molar-refractivity contribution in [3.8, 4) is 16.9 Å². The number of nitrogens with zero attached hydrogens (tertiary/aromatic N) is 2. The topological polar surface area (TPSA) is 83.6 Å². The van der Waals surface area contributed by atoms with Crippen LogP contribution in [-0.2, 0) is 4.79 Å². The number of likely N-dealkylation sites (tertiary alicyclic amines) is 1. The normalized spacial score (nSPS) is 20.6. The summed E-state index contributed by atoms with van der Waals surface area (Å²) in [5.74, 6) is 1.09. The van der Waals surface area contributed by atoms with Gasteiger partial charge in [-0.1, -0.05) is 12.1 Å². The molecular weight excluding hydrogens is 436 g/mol. The molecule has 4 heterocycles. The molecule has 3 aromatic rings. The number of anilines is 2. The second-order valence-electron chi connectivity index (χ2n) is 8.50. The number of fused-ring (bicyclic) bond motifs is 2. The SMILES string of the molecule is O=C1C[C@@H]2CCN(C(=O)Nc3cccs3)C[C@@H]2CCOc2ccc(-c3cccnc3)cc2N1. The molecule has 0 bridgehead atoms. The first-order valence-electron chi connectivity index (χ1n) is 11.2. The lowest BCUT2D eigenvalue weighted by molar-refractivity contribution is -0.118. The summed E-state index contributed by atoms with van der Waals surface area (Å²) in [6.07, 6.45) is 5.59. The molecule has 5 rings (SSSR count). The molecular formula is C25H26N4O3S. The van der Waals surface area contributed by atoms with Crippen molar-refractivity contribution in [2.75, 3.05) is 30.3 Å². The largest absolute Gasteiger partial charge is 0.491 e. The Labute approximate surface area is 196 Å². The van der Waals surface area contributed by atoms with Gasteiger partial charge in [0.15, 0.2) is 0 Å². The number of pyridine rings is 1. The Bertz CT molecular complexity index is 1120. The van der Waals surface area contributed by atoms with Crippen LogP contribution in [0.2, 0.25) is 0 Å². The molecule has 1 aromatic carbocycles. The summed E-state index contributed by atoms with van der Waals surface area (Å²) in [6, 6.07) is 13.4. The van der Waals surface area contributed by atoms with Crippen molar-refractivity contribution in [2.45, 2.75) is 19.3 Å². The zero-order valence-electron chi connectivity index (χ0n) is 18.2. The van der Waals surface area contributed by atoms with Crippen LogP contribution in [-0.4, -0.2) is 41.5 Å². The van der Waals surface area contributed by atoms with Gasteiger partial charge in [0, 0.05) is 37.5 Å². The predicted octanol–water partition coefficient (Wildman–Crippen LogP) is 5.09. The lowest BCUT2D eigenvalue weighted by Gasteiger charge is -2.38. The second kappa shape index (κ2) is 9.62. The first-order chi connectivity index (χ1) is 16.2. The fourth-order valence-corrected chi connectivity index (χ4v) is 5.23. The molecule has 2 N–H and O–H groups in total. The molecule has 0 unspecified atom stereocenters. The third kappa shape index (κ3) is 5.01. The quantitative estimate of drug-likeness (QED) is 0.556. The molecule has 2 atom stereocenters. The van der Waals surface area contributed by atoms with E-state index in [4.69, 9.17) is 4.74 Å². The summed E-state index contributed by atoms with van der Waals surface area (Å²) < 4.78 is 6.09. The Morgan fingerprint density at radius 2 is 2.09 bits per heavy atom. The number of amides is 3. The van der Waals surface area contributed by atoms with Gasteiger partial charge in [-0.15, -0.1) is 11.3 Å². The standard InChI is InChI=1S/C25H26N4O3S/c30-23-14-18-7-10-29(25(31)28-24-4-2-12-33-24)16-20(18)8-11-32-22-6-5-17(13-21(22)27-23)19-3-1-9-26-15-19/h1-6,9,12-13,15,18,20H,7-8,10-11,14,16H2,(H,27,30)(H,28,31)/t18-,20-/m0/s1. The lowest BCUT2D eigenvalue weighted by Crippen LogP contribution is -2.46. The Balaban J connectivity index is 1.29. The molecule has 1 fully saturated rings. The summed E-state index contributed by atoms with van der Waals surface area (Å²) in [4.78, 5) is 31.7. The number of aromatic nitrogens is 1.